The fraction of sp³-hybridized carbons (Fsp3) is 1.00. The Labute approximate surface area is 105 Å². The molecule has 3 heterocycles. The Hall–Kier alpha value is -0.120. The summed E-state index contributed by atoms with van der Waals surface area (Å²) in [5.41, 5.74) is 0.389. The van der Waals surface area contributed by atoms with Crippen molar-refractivity contribution in [3.05, 3.63) is 0 Å². The van der Waals surface area contributed by atoms with Crippen LogP contribution in [0.4, 0.5) is 0 Å². The van der Waals surface area contributed by atoms with Crippen molar-refractivity contribution in [1.29, 1.82) is 0 Å². The van der Waals surface area contributed by atoms with Gasteiger partial charge in [0.25, 0.3) is 0 Å². The lowest BCUT2D eigenvalue weighted by Crippen LogP contribution is -2.64. The highest BCUT2D eigenvalue weighted by molar-refractivity contribution is 5.02. The average molecular weight is 238 g/mol. The Balaban J connectivity index is 1.68. The third kappa shape index (κ3) is 2.02. The van der Waals surface area contributed by atoms with Gasteiger partial charge in [0, 0.05) is 36.9 Å². The first-order valence-electron chi connectivity index (χ1n) is 7.34. The van der Waals surface area contributed by atoms with Crippen LogP contribution < -0.4 is 10.6 Å². The lowest BCUT2D eigenvalue weighted by atomic mass is 9.80. The molecule has 3 rings (SSSR count). The summed E-state index contributed by atoms with van der Waals surface area (Å²) in [5, 5.41) is 7.46. The van der Waals surface area contributed by atoms with Crippen molar-refractivity contribution in [1.82, 2.24) is 10.6 Å². The fourth-order valence-electron chi connectivity index (χ4n) is 3.81. The van der Waals surface area contributed by atoms with Crippen LogP contribution in [0.1, 0.15) is 52.4 Å². The summed E-state index contributed by atoms with van der Waals surface area (Å²) in [6, 6.07) is 1.38. The second kappa shape index (κ2) is 4.22. The molecule has 0 aromatic heterocycles. The van der Waals surface area contributed by atoms with Crippen molar-refractivity contribution in [2.75, 3.05) is 13.2 Å². The molecule has 0 aromatic rings. The minimum absolute atomic E-state index is 0.00488. The van der Waals surface area contributed by atoms with Gasteiger partial charge in [-0.25, -0.2) is 0 Å². The van der Waals surface area contributed by atoms with Crippen molar-refractivity contribution in [3.63, 3.8) is 0 Å². The summed E-state index contributed by atoms with van der Waals surface area (Å²) in [6.07, 6.45) is 7.43. The van der Waals surface area contributed by atoms with Gasteiger partial charge >= 0.3 is 0 Å². The van der Waals surface area contributed by atoms with E-state index in [1.165, 1.54) is 25.7 Å². The molecule has 3 fully saturated rings. The molecule has 3 aliphatic heterocycles. The van der Waals surface area contributed by atoms with E-state index in [-0.39, 0.29) is 5.72 Å². The second-order valence-electron chi connectivity index (χ2n) is 6.39. The molecular formula is C14H26N2O. The van der Waals surface area contributed by atoms with Crippen LogP contribution in [0.2, 0.25) is 0 Å². The molecule has 3 heteroatoms. The zero-order valence-electron chi connectivity index (χ0n) is 11.2. The summed E-state index contributed by atoms with van der Waals surface area (Å²) < 4.78 is 6.33. The summed E-state index contributed by atoms with van der Waals surface area (Å²) >= 11 is 0. The summed E-state index contributed by atoms with van der Waals surface area (Å²) in [7, 11) is 0. The molecule has 1 spiro atoms. The molecule has 2 N–H and O–H groups in total. The second-order valence-corrected chi connectivity index (χ2v) is 6.39. The molecule has 2 unspecified atom stereocenters. The first-order valence-corrected chi connectivity index (χ1v) is 7.34. The Kier molecular flexibility index (Phi) is 2.96. The van der Waals surface area contributed by atoms with E-state index in [0.29, 0.717) is 17.5 Å². The molecule has 2 atom stereocenters. The van der Waals surface area contributed by atoms with Crippen LogP contribution in [-0.4, -0.2) is 31.0 Å². The monoisotopic (exact) mass is 238 g/mol. The Morgan fingerprint density at radius 1 is 1.12 bits per heavy atom. The molecule has 3 saturated heterocycles. The van der Waals surface area contributed by atoms with E-state index >= 15 is 0 Å². The van der Waals surface area contributed by atoms with Gasteiger partial charge in [-0.15, -0.1) is 0 Å². The number of ether oxygens (including phenoxy) is 1. The fourth-order valence-corrected chi connectivity index (χ4v) is 3.81. The highest BCUT2D eigenvalue weighted by Gasteiger charge is 2.48. The van der Waals surface area contributed by atoms with Gasteiger partial charge in [0.15, 0.2) is 0 Å². The maximum atomic E-state index is 6.33. The molecule has 0 aliphatic carbocycles. The molecule has 0 aromatic carbocycles. The van der Waals surface area contributed by atoms with E-state index in [0.717, 1.165) is 26.0 Å². The van der Waals surface area contributed by atoms with Gasteiger partial charge in [0.05, 0.1) is 6.61 Å². The summed E-state index contributed by atoms with van der Waals surface area (Å²) in [4.78, 5) is 0. The molecule has 17 heavy (non-hydrogen) atoms. The van der Waals surface area contributed by atoms with Gasteiger partial charge in [0.1, 0.15) is 5.72 Å². The standard InChI is InChI=1S/C14H26N2O/c1-3-13(4-2)9-15-14(17-10-13)7-11-5-6-12(8-14)16-11/h11-12,15-16H,3-10H2,1-2H3. The number of hydrogen-bond acceptors (Lipinski definition) is 3. The van der Waals surface area contributed by atoms with Gasteiger partial charge in [-0.3, -0.25) is 5.32 Å². The summed E-state index contributed by atoms with van der Waals surface area (Å²) in [6.45, 7) is 6.67. The minimum Gasteiger partial charge on any atom is -0.360 e. The zero-order valence-corrected chi connectivity index (χ0v) is 11.2. The van der Waals surface area contributed by atoms with Crippen LogP contribution in [0.3, 0.4) is 0 Å². The number of piperidine rings is 1. The first-order chi connectivity index (χ1) is 8.19. The zero-order chi connectivity index (χ0) is 11.9. The normalized spacial score (nSPS) is 44.1. The van der Waals surface area contributed by atoms with Crippen molar-refractivity contribution in [3.8, 4) is 0 Å². The molecule has 3 aliphatic rings. The van der Waals surface area contributed by atoms with Gasteiger partial charge < -0.3 is 10.1 Å². The van der Waals surface area contributed by atoms with E-state index in [4.69, 9.17) is 4.74 Å². The number of fused-ring (bicyclic) bond motifs is 2. The number of rotatable bonds is 2. The number of hydrogen-bond donors (Lipinski definition) is 2. The Morgan fingerprint density at radius 3 is 2.24 bits per heavy atom. The van der Waals surface area contributed by atoms with Crippen molar-refractivity contribution in [2.24, 2.45) is 5.41 Å². The predicted molar refractivity (Wildman–Crippen MR) is 68.9 cm³/mol. The third-order valence-corrected chi connectivity index (χ3v) is 5.43. The van der Waals surface area contributed by atoms with Gasteiger partial charge in [0.2, 0.25) is 0 Å². The van der Waals surface area contributed by atoms with E-state index in [2.05, 4.69) is 24.5 Å². The average Bonchev–Trinajstić information content (AvgIpc) is 2.71. The molecule has 3 nitrogen and oxygen atoms in total. The highest BCUT2D eigenvalue weighted by atomic mass is 16.5. The Bertz CT molecular complexity index is 264. The topological polar surface area (TPSA) is 33.3 Å². The van der Waals surface area contributed by atoms with Crippen LogP contribution in [-0.2, 0) is 4.74 Å². The summed E-state index contributed by atoms with van der Waals surface area (Å²) in [5.74, 6) is 0. The SMILES string of the molecule is CCC1(CC)CNC2(CC3CCC(C2)N3)OC1. The lowest BCUT2D eigenvalue weighted by Gasteiger charge is -2.50. The molecule has 0 radical (unpaired) electrons. The minimum atomic E-state index is 0.00488. The van der Waals surface area contributed by atoms with E-state index in [1.54, 1.807) is 0 Å². The molecule has 0 amide bonds. The quantitative estimate of drug-likeness (QED) is 0.772. The van der Waals surface area contributed by atoms with Crippen LogP contribution >= 0.6 is 0 Å². The van der Waals surface area contributed by atoms with Gasteiger partial charge in [-0.05, 0) is 25.7 Å². The number of nitrogens with one attached hydrogen (secondary N) is 2. The smallest absolute Gasteiger partial charge is 0.122 e. The van der Waals surface area contributed by atoms with E-state index < -0.39 is 0 Å². The molecular weight excluding hydrogens is 212 g/mol. The molecule has 98 valence electrons. The van der Waals surface area contributed by atoms with Gasteiger partial charge in [-0.1, -0.05) is 13.8 Å². The van der Waals surface area contributed by atoms with Crippen LogP contribution in [0, 0.1) is 5.41 Å². The van der Waals surface area contributed by atoms with E-state index in [9.17, 15) is 0 Å². The van der Waals surface area contributed by atoms with E-state index in [1.807, 2.05) is 0 Å². The maximum Gasteiger partial charge on any atom is 0.122 e. The first kappa shape index (κ1) is 11.9. The van der Waals surface area contributed by atoms with Crippen molar-refractivity contribution < 1.29 is 4.74 Å². The van der Waals surface area contributed by atoms with Crippen LogP contribution in [0.5, 0.6) is 0 Å². The maximum absolute atomic E-state index is 6.33. The lowest BCUT2D eigenvalue weighted by molar-refractivity contribution is -0.166. The molecule has 2 bridgehead atoms. The highest BCUT2D eigenvalue weighted by Crippen LogP contribution is 2.40. The van der Waals surface area contributed by atoms with Gasteiger partial charge in [-0.2, -0.15) is 0 Å². The molecule has 0 saturated carbocycles. The predicted octanol–water partition coefficient (Wildman–Crippen LogP) is 2.02. The third-order valence-electron chi connectivity index (χ3n) is 5.43. The van der Waals surface area contributed by atoms with Crippen molar-refractivity contribution in [2.45, 2.75) is 70.2 Å². The van der Waals surface area contributed by atoms with Crippen LogP contribution in [0.25, 0.3) is 0 Å². The van der Waals surface area contributed by atoms with Crippen molar-refractivity contribution >= 4 is 0 Å². The Morgan fingerprint density at radius 2 is 1.76 bits per heavy atom. The van der Waals surface area contributed by atoms with Crippen LogP contribution in [0.15, 0.2) is 0 Å². The largest absolute Gasteiger partial charge is 0.360 e.